The van der Waals surface area contributed by atoms with Crippen LogP contribution in [0.5, 0.6) is 5.75 Å². The lowest BCUT2D eigenvalue weighted by molar-refractivity contribution is 0.0960. The van der Waals surface area contributed by atoms with Gasteiger partial charge in [0.2, 0.25) is 5.95 Å². The number of aryl methyl sites for hydroxylation is 1. The number of carbonyl (C=O) groups is 2. The molecule has 4 rings (SSSR count). The Balaban J connectivity index is 1.76. The number of benzene rings is 2. The van der Waals surface area contributed by atoms with Crippen molar-refractivity contribution in [3.8, 4) is 5.75 Å². The van der Waals surface area contributed by atoms with Crippen molar-refractivity contribution in [2.45, 2.75) is 5.92 Å². The topological polar surface area (TPSA) is 98.1 Å². The summed E-state index contributed by atoms with van der Waals surface area (Å²) in [6.45, 7) is 0.413. The summed E-state index contributed by atoms with van der Waals surface area (Å²) in [5, 5.41) is 9.32. The zero-order valence-electron chi connectivity index (χ0n) is 15.5. The fraction of sp³-hybridized carbons (Fsp3) is 0.200. The maximum atomic E-state index is 12.8. The molecule has 1 aliphatic heterocycles. The fourth-order valence-electron chi connectivity index (χ4n) is 3.29. The standard InChI is InChI=1S/C20H19N5O3/c1-21-19(27)15-9-13(18(26)23-20-22-11-25(2)24-20)8-14-16(10-28-17(14)15)12-6-4-3-5-7-12/h3-9,11,16H,10H2,1-2H3,(H,21,27)(H,23,24,26). The average Bonchev–Trinajstić information content (AvgIpc) is 3.33. The molecule has 2 aromatic carbocycles. The van der Waals surface area contributed by atoms with E-state index < -0.39 is 5.91 Å². The molecule has 1 atom stereocenters. The fourth-order valence-corrected chi connectivity index (χ4v) is 3.29. The average molecular weight is 377 g/mol. The Morgan fingerprint density at radius 3 is 2.64 bits per heavy atom. The van der Waals surface area contributed by atoms with Crippen molar-refractivity contribution in [1.82, 2.24) is 20.1 Å². The molecule has 8 nitrogen and oxygen atoms in total. The molecule has 0 fully saturated rings. The van der Waals surface area contributed by atoms with Crippen LogP contribution < -0.4 is 15.4 Å². The van der Waals surface area contributed by atoms with Gasteiger partial charge in [0.1, 0.15) is 12.1 Å². The highest BCUT2D eigenvalue weighted by atomic mass is 16.5. The first-order valence-electron chi connectivity index (χ1n) is 8.81. The quantitative estimate of drug-likeness (QED) is 0.724. The first kappa shape index (κ1) is 17.7. The molecular formula is C20H19N5O3. The number of nitrogens with zero attached hydrogens (tertiary/aromatic N) is 3. The number of anilines is 1. The third-order valence-electron chi connectivity index (χ3n) is 4.65. The van der Waals surface area contributed by atoms with Crippen LogP contribution in [0.25, 0.3) is 0 Å². The largest absolute Gasteiger partial charge is 0.491 e. The summed E-state index contributed by atoms with van der Waals surface area (Å²) in [4.78, 5) is 29.2. The Bertz CT molecular complexity index is 1050. The zero-order chi connectivity index (χ0) is 19.7. The van der Waals surface area contributed by atoms with Gasteiger partial charge in [-0.3, -0.25) is 19.6 Å². The molecule has 0 aliphatic carbocycles. The highest BCUT2D eigenvalue weighted by Crippen LogP contribution is 2.41. The van der Waals surface area contributed by atoms with Crippen LogP contribution >= 0.6 is 0 Å². The first-order chi connectivity index (χ1) is 13.6. The summed E-state index contributed by atoms with van der Waals surface area (Å²) in [5.41, 5.74) is 2.55. The van der Waals surface area contributed by atoms with Crippen molar-refractivity contribution >= 4 is 17.8 Å². The van der Waals surface area contributed by atoms with E-state index in [1.807, 2.05) is 30.3 Å². The van der Waals surface area contributed by atoms with Crippen LogP contribution in [0.1, 0.15) is 37.8 Å². The summed E-state index contributed by atoms with van der Waals surface area (Å²) in [6, 6.07) is 13.2. The second-order valence-electron chi connectivity index (χ2n) is 6.49. The van der Waals surface area contributed by atoms with Crippen LogP contribution in [-0.4, -0.2) is 40.2 Å². The van der Waals surface area contributed by atoms with Gasteiger partial charge >= 0.3 is 0 Å². The van der Waals surface area contributed by atoms with Gasteiger partial charge in [0.25, 0.3) is 11.8 Å². The van der Waals surface area contributed by atoms with E-state index in [2.05, 4.69) is 20.7 Å². The van der Waals surface area contributed by atoms with Crippen molar-refractivity contribution < 1.29 is 14.3 Å². The van der Waals surface area contributed by atoms with Crippen molar-refractivity contribution in [2.75, 3.05) is 19.0 Å². The van der Waals surface area contributed by atoms with Gasteiger partial charge in [-0.05, 0) is 17.7 Å². The third kappa shape index (κ3) is 3.20. The minimum atomic E-state index is -0.391. The molecule has 8 heteroatoms. The molecule has 1 aliphatic rings. The van der Waals surface area contributed by atoms with Crippen LogP contribution in [0.15, 0.2) is 48.8 Å². The molecule has 2 N–H and O–H groups in total. The van der Waals surface area contributed by atoms with Gasteiger partial charge in [-0.25, -0.2) is 4.98 Å². The monoisotopic (exact) mass is 377 g/mol. The van der Waals surface area contributed by atoms with E-state index in [-0.39, 0.29) is 17.8 Å². The van der Waals surface area contributed by atoms with Gasteiger partial charge in [0, 0.05) is 31.1 Å². The van der Waals surface area contributed by atoms with Gasteiger partial charge in [-0.1, -0.05) is 30.3 Å². The Kier molecular flexibility index (Phi) is 4.52. The SMILES string of the molecule is CNC(=O)c1cc(C(=O)Nc2ncn(C)n2)cc2c1OCC2c1ccccc1. The van der Waals surface area contributed by atoms with Crippen molar-refractivity contribution in [3.05, 3.63) is 71.0 Å². The number of rotatable bonds is 4. The van der Waals surface area contributed by atoms with E-state index in [4.69, 9.17) is 4.74 Å². The molecule has 0 radical (unpaired) electrons. The van der Waals surface area contributed by atoms with Crippen LogP contribution in [0.4, 0.5) is 5.95 Å². The maximum Gasteiger partial charge on any atom is 0.258 e. The lowest BCUT2D eigenvalue weighted by Gasteiger charge is -2.12. The van der Waals surface area contributed by atoms with E-state index >= 15 is 0 Å². The van der Waals surface area contributed by atoms with E-state index in [0.29, 0.717) is 23.5 Å². The number of hydrogen-bond donors (Lipinski definition) is 2. The van der Waals surface area contributed by atoms with E-state index in [9.17, 15) is 9.59 Å². The highest BCUT2D eigenvalue weighted by Gasteiger charge is 2.31. The molecule has 0 bridgehead atoms. The molecule has 142 valence electrons. The second kappa shape index (κ2) is 7.15. The molecule has 2 amide bonds. The molecule has 0 saturated carbocycles. The number of aromatic nitrogens is 3. The van der Waals surface area contributed by atoms with Gasteiger partial charge < -0.3 is 10.1 Å². The smallest absolute Gasteiger partial charge is 0.258 e. The normalized spacial score (nSPS) is 14.9. The third-order valence-corrected chi connectivity index (χ3v) is 4.65. The summed E-state index contributed by atoms with van der Waals surface area (Å²) in [7, 11) is 3.26. The van der Waals surface area contributed by atoms with Crippen molar-refractivity contribution in [3.63, 3.8) is 0 Å². The van der Waals surface area contributed by atoms with Crippen LogP contribution in [0.2, 0.25) is 0 Å². The first-order valence-corrected chi connectivity index (χ1v) is 8.81. The molecular weight excluding hydrogens is 358 g/mol. The van der Waals surface area contributed by atoms with Gasteiger partial charge in [-0.2, -0.15) is 0 Å². The molecule has 28 heavy (non-hydrogen) atoms. The van der Waals surface area contributed by atoms with Gasteiger partial charge in [0.05, 0.1) is 12.2 Å². The summed E-state index contributed by atoms with van der Waals surface area (Å²) in [5.74, 6) is -0.0418. The Hall–Kier alpha value is -3.68. The van der Waals surface area contributed by atoms with Crippen molar-refractivity contribution in [2.24, 2.45) is 7.05 Å². The minimum Gasteiger partial charge on any atom is -0.491 e. The molecule has 0 saturated heterocycles. The lowest BCUT2D eigenvalue weighted by Crippen LogP contribution is -2.20. The van der Waals surface area contributed by atoms with Gasteiger partial charge in [0.15, 0.2) is 0 Å². The highest BCUT2D eigenvalue weighted by molar-refractivity contribution is 6.06. The number of fused-ring (bicyclic) bond motifs is 1. The Labute approximate surface area is 161 Å². The number of carbonyl (C=O) groups excluding carboxylic acids is 2. The predicted octanol–water partition coefficient (Wildman–Crippen LogP) is 1.95. The van der Waals surface area contributed by atoms with Crippen LogP contribution in [-0.2, 0) is 7.05 Å². The zero-order valence-corrected chi connectivity index (χ0v) is 15.5. The molecule has 0 spiro atoms. The van der Waals surface area contributed by atoms with Crippen LogP contribution in [0, 0.1) is 0 Å². The summed E-state index contributed by atoms with van der Waals surface area (Å²) in [6.07, 6.45) is 1.49. The lowest BCUT2D eigenvalue weighted by atomic mass is 9.90. The second-order valence-corrected chi connectivity index (χ2v) is 6.49. The molecule has 3 aromatic rings. The molecule has 2 heterocycles. The summed E-state index contributed by atoms with van der Waals surface area (Å²) < 4.78 is 7.35. The number of hydrogen-bond acceptors (Lipinski definition) is 5. The minimum absolute atomic E-state index is 0.0552. The van der Waals surface area contributed by atoms with Gasteiger partial charge in [-0.15, -0.1) is 5.10 Å². The Morgan fingerprint density at radius 2 is 1.96 bits per heavy atom. The van der Waals surface area contributed by atoms with Crippen LogP contribution in [0.3, 0.4) is 0 Å². The van der Waals surface area contributed by atoms with E-state index in [1.165, 1.54) is 17.1 Å². The van der Waals surface area contributed by atoms with E-state index in [0.717, 1.165) is 11.1 Å². The summed E-state index contributed by atoms with van der Waals surface area (Å²) >= 11 is 0. The predicted molar refractivity (Wildman–Crippen MR) is 103 cm³/mol. The number of ether oxygens (including phenoxy) is 1. The van der Waals surface area contributed by atoms with E-state index in [1.54, 1.807) is 20.2 Å². The van der Waals surface area contributed by atoms with Crippen molar-refractivity contribution in [1.29, 1.82) is 0 Å². The maximum absolute atomic E-state index is 12.8. The Morgan fingerprint density at radius 1 is 1.18 bits per heavy atom. The number of nitrogens with one attached hydrogen (secondary N) is 2. The molecule has 1 aromatic heterocycles. The molecule has 1 unspecified atom stereocenters. The number of amides is 2.